The molecule has 0 unspecified atom stereocenters. The van der Waals surface area contributed by atoms with Gasteiger partial charge in [0.25, 0.3) is 0 Å². The molecule has 0 bridgehead atoms. The Morgan fingerprint density at radius 1 is 1.47 bits per heavy atom. The highest BCUT2D eigenvalue weighted by Gasteiger charge is 2.10. The predicted octanol–water partition coefficient (Wildman–Crippen LogP) is 1.59. The Bertz CT molecular complexity index is 533. The minimum absolute atomic E-state index is 0.429. The zero-order valence-electron chi connectivity index (χ0n) is 9.55. The van der Waals surface area contributed by atoms with E-state index in [1.54, 1.807) is 4.68 Å². The Hall–Kier alpha value is -2.30. The molecule has 0 saturated carbocycles. The standard InChI is InChI=1S/C12H14N4O/c1-2-9-5-3-4-6-11(9)16-12(13)10(7-15-16)14-8-17/h3-8H,2,13H2,1H3,(H,14,17). The first-order valence-electron chi connectivity index (χ1n) is 5.40. The van der Waals surface area contributed by atoms with Crippen LogP contribution >= 0.6 is 0 Å². The largest absolute Gasteiger partial charge is 0.382 e. The fourth-order valence-electron chi connectivity index (χ4n) is 1.74. The number of rotatable bonds is 4. The molecule has 5 heteroatoms. The number of hydrogen-bond donors (Lipinski definition) is 2. The van der Waals surface area contributed by atoms with Gasteiger partial charge in [-0.1, -0.05) is 25.1 Å². The Balaban J connectivity index is 2.49. The van der Waals surface area contributed by atoms with Crippen LogP contribution in [0.3, 0.4) is 0 Å². The summed E-state index contributed by atoms with van der Waals surface area (Å²) in [4.78, 5) is 10.4. The second kappa shape index (κ2) is 4.69. The van der Waals surface area contributed by atoms with E-state index in [4.69, 9.17) is 5.73 Å². The van der Waals surface area contributed by atoms with E-state index >= 15 is 0 Å². The number of nitrogen functional groups attached to an aromatic ring is 1. The lowest BCUT2D eigenvalue weighted by Crippen LogP contribution is -2.06. The molecule has 2 rings (SSSR count). The summed E-state index contributed by atoms with van der Waals surface area (Å²) in [5.74, 6) is 0.429. The molecule has 0 spiro atoms. The molecule has 5 nitrogen and oxygen atoms in total. The average Bonchev–Trinajstić information content (AvgIpc) is 2.72. The van der Waals surface area contributed by atoms with Gasteiger partial charge in [0.05, 0.1) is 11.9 Å². The highest BCUT2D eigenvalue weighted by molar-refractivity contribution is 5.78. The molecule has 3 N–H and O–H groups in total. The Morgan fingerprint density at radius 3 is 2.94 bits per heavy atom. The Labute approximate surface area is 99.2 Å². The van der Waals surface area contributed by atoms with Crippen molar-refractivity contribution < 1.29 is 4.79 Å². The number of nitrogens with two attached hydrogens (primary N) is 1. The molecule has 0 aliphatic carbocycles. The molecule has 0 saturated heterocycles. The molecule has 0 radical (unpaired) electrons. The maximum absolute atomic E-state index is 10.4. The zero-order chi connectivity index (χ0) is 12.3. The third-order valence-corrected chi connectivity index (χ3v) is 2.62. The van der Waals surface area contributed by atoms with E-state index in [0.29, 0.717) is 17.9 Å². The molecule has 17 heavy (non-hydrogen) atoms. The van der Waals surface area contributed by atoms with E-state index in [-0.39, 0.29) is 0 Å². The maximum Gasteiger partial charge on any atom is 0.211 e. The molecule has 88 valence electrons. The van der Waals surface area contributed by atoms with Gasteiger partial charge in [0.1, 0.15) is 5.69 Å². The van der Waals surface area contributed by atoms with Gasteiger partial charge in [-0.3, -0.25) is 4.79 Å². The lowest BCUT2D eigenvalue weighted by molar-refractivity contribution is -0.105. The summed E-state index contributed by atoms with van der Waals surface area (Å²) in [5.41, 5.74) is 8.53. The SMILES string of the molecule is CCc1ccccc1-n1ncc(NC=O)c1N. The number of nitrogens with one attached hydrogen (secondary N) is 1. The molecule has 1 heterocycles. The highest BCUT2D eigenvalue weighted by Crippen LogP contribution is 2.23. The molecule has 0 aliphatic heterocycles. The lowest BCUT2D eigenvalue weighted by atomic mass is 10.1. The Kier molecular flexibility index (Phi) is 3.09. The molecule has 0 atom stereocenters. The van der Waals surface area contributed by atoms with E-state index in [1.165, 1.54) is 6.20 Å². The van der Waals surface area contributed by atoms with Crippen LogP contribution in [0.25, 0.3) is 5.69 Å². The van der Waals surface area contributed by atoms with Gasteiger partial charge in [0.15, 0.2) is 5.82 Å². The minimum Gasteiger partial charge on any atom is -0.382 e. The lowest BCUT2D eigenvalue weighted by Gasteiger charge is -2.09. The third kappa shape index (κ3) is 1.99. The van der Waals surface area contributed by atoms with Crippen molar-refractivity contribution in [2.75, 3.05) is 11.1 Å². The fourth-order valence-corrected chi connectivity index (χ4v) is 1.74. The summed E-state index contributed by atoms with van der Waals surface area (Å²) < 4.78 is 1.63. The molecule has 2 aromatic rings. The van der Waals surface area contributed by atoms with Crippen LogP contribution in [-0.4, -0.2) is 16.2 Å². The van der Waals surface area contributed by atoms with Crippen LogP contribution in [0.2, 0.25) is 0 Å². The summed E-state index contributed by atoms with van der Waals surface area (Å²) in [7, 11) is 0. The molecule has 1 amide bonds. The summed E-state index contributed by atoms with van der Waals surface area (Å²) >= 11 is 0. The van der Waals surface area contributed by atoms with Gasteiger partial charge in [-0.2, -0.15) is 5.10 Å². The van der Waals surface area contributed by atoms with E-state index < -0.39 is 0 Å². The normalized spacial score (nSPS) is 10.2. The van der Waals surface area contributed by atoms with Gasteiger partial charge in [0.2, 0.25) is 6.41 Å². The summed E-state index contributed by atoms with van der Waals surface area (Å²) in [6.45, 7) is 2.07. The number of nitrogens with zero attached hydrogens (tertiary/aromatic N) is 2. The van der Waals surface area contributed by atoms with Crippen molar-refractivity contribution in [3.8, 4) is 5.69 Å². The van der Waals surface area contributed by atoms with Crippen molar-refractivity contribution in [3.05, 3.63) is 36.0 Å². The Morgan fingerprint density at radius 2 is 2.24 bits per heavy atom. The van der Waals surface area contributed by atoms with E-state index in [0.717, 1.165) is 17.7 Å². The number of aromatic nitrogens is 2. The van der Waals surface area contributed by atoms with Crippen LogP contribution in [0.1, 0.15) is 12.5 Å². The molecule has 0 aliphatic rings. The van der Waals surface area contributed by atoms with E-state index in [9.17, 15) is 4.79 Å². The van der Waals surface area contributed by atoms with Crippen molar-refractivity contribution in [2.24, 2.45) is 0 Å². The highest BCUT2D eigenvalue weighted by atomic mass is 16.1. The van der Waals surface area contributed by atoms with Crippen molar-refractivity contribution in [3.63, 3.8) is 0 Å². The number of hydrogen-bond acceptors (Lipinski definition) is 3. The number of para-hydroxylation sites is 1. The fraction of sp³-hybridized carbons (Fsp3) is 0.167. The van der Waals surface area contributed by atoms with Crippen LogP contribution in [0.4, 0.5) is 11.5 Å². The second-order valence-corrected chi connectivity index (χ2v) is 3.60. The van der Waals surface area contributed by atoms with Gasteiger partial charge in [-0.25, -0.2) is 4.68 Å². The number of anilines is 2. The van der Waals surface area contributed by atoms with Crippen molar-refractivity contribution in [1.29, 1.82) is 0 Å². The molecule has 0 fully saturated rings. The molecular weight excluding hydrogens is 216 g/mol. The first-order valence-corrected chi connectivity index (χ1v) is 5.40. The van der Waals surface area contributed by atoms with Gasteiger partial charge in [-0.15, -0.1) is 0 Å². The van der Waals surface area contributed by atoms with Crippen LogP contribution in [-0.2, 0) is 11.2 Å². The average molecular weight is 230 g/mol. The maximum atomic E-state index is 10.4. The predicted molar refractivity (Wildman–Crippen MR) is 67.0 cm³/mol. The topological polar surface area (TPSA) is 72.9 Å². The van der Waals surface area contributed by atoms with Gasteiger partial charge < -0.3 is 11.1 Å². The second-order valence-electron chi connectivity index (χ2n) is 3.60. The minimum atomic E-state index is 0.429. The molecular formula is C12H14N4O. The quantitative estimate of drug-likeness (QED) is 0.783. The van der Waals surface area contributed by atoms with Gasteiger partial charge in [-0.05, 0) is 18.1 Å². The number of amides is 1. The van der Waals surface area contributed by atoms with Crippen molar-refractivity contribution in [2.45, 2.75) is 13.3 Å². The zero-order valence-corrected chi connectivity index (χ0v) is 9.55. The molecule has 1 aromatic carbocycles. The van der Waals surface area contributed by atoms with Crippen LogP contribution in [0, 0.1) is 0 Å². The van der Waals surface area contributed by atoms with Crippen LogP contribution in [0.15, 0.2) is 30.5 Å². The summed E-state index contributed by atoms with van der Waals surface area (Å²) in [5, 5.41) is 6.70. The van der Waals surface area contributed by atoms with Crippen LogP contribution in [0.5, 0.6) is 0 Å². The number of carbonyl (C=O) groups is 1. The number of benzene rings is 1. The monoisotopic (exact) mass is 230 g/mol. The number of aryl methyl sites for hydroxylation is 1. The first kappa shape index (κ1) is 11.2. The summed E-state index contributed by atoms with van der Waals surface area (Å²) in [6, 6.07) is 7.89. The smallest absolute Gasteiger partial charge is 0.211 e. The van der Waals surface area contributed by atoms with Gasteiger partial charge in [0, 0.05) is 0 Å². The van der Waals surface area contributed by atoms with E-state index in [1.807, 2.05) is 24.3 Å². The van der Waals surface area contributed by atoms with E-state index in [2.05, 4.69) is 17.3 Å². The van der Waals surface area contributed by atoms with Crippen molar-refractivity contribution in [1.82, 2.24) is 9.78 Å². The van der Waals surface area contributed by atoms with Crippen molar-refractivity contribution >= 4 is 17.9 Å². The molecule has 1 aromatic heterocycles. The number of carbonyl (C=O) groups excluding carboxylic acids is 1. The third-order valence-electron chi connectivity index (χ3n) is 2.62. The summed E-state index contributed by atoms with van der Waals surface area (Å²) in [6.07, 6.45) is 3.02. The first-order chi connectivity index (χ1) is 8.27. The van der Waals surface area contributed by atoms with Gasteiger partial charge >= 0.3 is 0 Å². The van der Waals surface area contributed by atoms with Crippen LogP contribution < -0.4 is 11.1 Å².